The van der Waals surface area contributed by atoms with Crippen molar-refractivity contribution < 1.29 is 0 Å². The fraction of sp³-hybridized carbons (Fsp3) is 0.692. The molecule has 0 bridgehead atoms. The van der Waals surface area contributed by atoms with Gasteiger partial charge in [-0.05, 0) is 45.6 Å². The molecule has 1 nitrogen and oxygen atoms in total. The second kappa shape index (κ2) is 3.33. The van der Waals surface area contributed by atoms with Crippen molar-refractivity contribution in [1.82, 2.24) is 0 Å². The first-order valence-corrected chi connectivity index (χ1v) is 6.58. The smallest absolute Gasteiger partial charge is 0.0119 e. The van der Waals surface area contributed by atoms with E-state index >= 15 is 0 Å². The summed E-state index contributed by atoms with van der Waals surface area (Å²) in [5.74, 6) is 0.657. The topological polar surface area (TPSA) is 26.0 Å². The van der Waals surface area contributed by atoms with E-state index in [-0.39, 0.29) is 0 Å². The minimum absolute atomic E-state index is 0.310. The van der Waals surface area contributed by atoms with Gasteiger partial charge in [0.15, 0.2) is 0 Å². The number of hydrogen-bond donors (Lipinski definition) is 1. The maximum atomic E-state index is 6.33. The molecule has 2 N–H and O–H groups in total. The normalized spacial score (nSPS) is 25.1. The van der Waals surface area contributed by atoms with Crippen LogP contribution in [0.25, 0.3) is 0 Å². The summed E-state index contributed by atoms with van der Waals surface area (Å²) < 4.78 is 0. The van der Waals surface area contributed by atoms with E-state index in [9.17, 15) is 0 Å². The van der Waals surface area contributed by atoms with Gasteiger partial charge in [-0.3, -0.25) is 0 Å². The number of nitrogens with two attached hydrogens (primary N) is 1. The quantitative estimate of drug-likeness (QED) is 0.836. The number of hydrogen-bond acceptors (Lipinski definition) is 2. The Bertz CT molecular complexity index is 323. The number of thiophene rings is 1. The minimum atomic E-state index is 0.310. The van der Waals surface area contributed by atoms with Crippen LogP contribution in [0.5, 0.6) is 0 Å². The van der Waals surface area contributed by atoms with E-state index < -0.39 is 0 Å². The lowest BCUT2D eigenvalue weighted by Gasteiger charge is -2.12. The molecule has 0 aromatic carbocycles. The molecular weight excluding hydrogens is 202 g/mol. The predicted molar refractivity (Wildman–Crippen MR) is 67.1 cm³/mol. The van der Waals surface area contributed by atoms with Crippen LogP contribution in [0.1, 0.15) is 33.3 Å². The molecule has 84 valence electrons. The van der Waals surface area contributed by atoms with Crippen molar-refractivity contribution in [2.75, 3.05) is 0 Å². The molecule has 1 saturated carbocycles. The van der Waals surface area contributed by atoms with Crippen molar-refractivity contribution in [2.24, 2.45) is 22.5 Å². The van der Waals surface area contributed by atoms with Gasteiger partial charge in [-0.2, -0.15) is 11.3 Å². The minimum Gasteiger partial charge on any atom is -0.327 e. The van der Waals surface area contributed by atoms with Crippen molar-refractivity contribution in [3.8, 4) is 0 Å². The standard InChI is InChI=1S/C13H21NS/c1-12(2)11(13(12,3)4)10(14)7-9-5-6-15-8-9/h5-6,8,10-11H,7,14H2,1-4H3. The van der Waals surface area contributed by atoms with Gasteiger partial charge in [-0.1, -0.05) is 27.7 Å². The molecule has 2 heteroatoms. The fourth-order valence-electron chi connectivity index (χ4n) is 3.12. The van der Waals surface area contributed by atoms with Crippen LogP contribution in [-0.4, -0.2) is 6.04 Å². The van der Waals surface area contributed by atoms with Crippen molar-refractivity contribution in [3.05, 3.63) is 22.4 Å². The Morgan fingerprint density at radius 1 is 1.33 bits per heavy atom. The van der Waals surface area contributed by atoms with Crippen LogP contribution in [0.4, 0.5) is 0 Å². The third-order valence-corrected chi connectivity index (χ3v) is 5.34. The average molecular weight is 223 g/mol. The first-order chi connectivity index (χ1) is 6.87. The molecular formula is C13H21NS. The summed E-state index contributed by atoms with van der Waals surface area (Å²) >= 11 is 1.76. The van der Waals surface area contributed by atoms with Crippen molar-refractivity contribution in [1.29, 1.82) is 0 Å². The van der Waals surface area contributed by atoms with E-state index in [1.807, 2.05) is 0 Å². The Balaban J connectivity index is 2.02. The Morgan fingerprint density at radius 2 is 1.93 bits per heavy atom. The molecule has 1 aromatic heterocycles. The molecule has 1 aliphatic rings. The first kappa shape index (κ1) is 11.2. The Morgan fingerprint density at radius 3 is 2.33 bits per heavy atom. The van der Waals surface area contributed by atoms with Gasteiger partial charge in [-0.25, -0.2) is 0 Å². The van der Waals surface area contributed by atoms with Gasteiger partial charge in [0.05, 0.1) is 0 Å². The summed E-state index contributed by atoms with van der Waals surface area (Å²) in [6, 6.07) is 2.50. The largest absolute Gasteiger partial charge is 0.327 e. The summed E-state index contributed by atoms with van der Waals surface area (Å²) in [5.41, 5.74) is 8.53. The van der Waals surface area contributed by atoms with Gasteiger partial charge in [0.1, 0.15) is 0 Å². The highest BCUT2D eigenvalue weighted by Crippen LogP contribution is 2.69. The molecule has 0 radical (unpaired) electrons. The molecule has 1 unspecified atom stereocenters. The highest BCUT2D eigenvalue weighted by molar-refractivity contribution is 7.07. The molecule has 0 saturated heterocycles. The predicted octanol–water partition coefficient (Wildman–Crippen LogP) is 3.30. The van der Waals surface area contributed by atoms with Crippen LogP contribution in [-0.2, 0) is 6.42 Å². The maximum Gasteiger partial charge on any atom is 0.0119 e. The van der Waals surface area contributed by atoms with Gasteiger partial charge >= 0.3 is 0 Å². The van der Waals surface area contributed by atoms with Gasteiger partial charge < -0.3 is 5.73 Å². The van der Waals surface area contributed by atoms with Crippen molar-refractivity contribution >= 4 is 11.3 Å². The summed E-state index contributed by atoms with van der Waals surface area (Å²) in [7, 11) is 0. The molecule has 0 spiro atoms. The maximum absolute atomic E-state index is 6.33. The van der Waals surface area contributed by atoms with Crippen molar-refractivity contribution in [2.45, 2.75) is 40.2 Å². The molecule has 0 amide bonds. The molecule has 1 aromatic rings. The van der Waals surface area contributed by atoms with Gasteiger partial charge in [0, 0.05) is 6.04 Å². The molecule has 0 aliphatic heterocycles. The SMILES string of the molecule is CC1(C)C(C(N)Cc2ccsc2)C1(C)C. The van der Waals surface area contributed by atoms with Gasteiger partial charge in [0.25, 0.3) is 0 Å². The molecule has 1 heterocycles. The zero-order chi connectivity index (χ0) is 11.3. The van der Waals surface area contributed by atoms with Crippen molar-refractivity contribution in [3.63, 3.8) is 0 Å². The van der Waals surface area contributed by atoms with E-state index in [4.69, 9.17) is 5.73 Å². The lowest BCUT2D eigenvalue weighted by Crippen LogP contribution is -2.28. The summed E-state index contributed by atoms with van der Waals surface area (Å²) in [5, 5.41) is 4.34. The summed E-state index contributed by atoms with van der Waals surface area (Å²) in [4.78, 5) is 0. The average Bonchev–Trinajstić information content (AvgIpc) is 2.53. The van der Waals surface area contributed by atoms with Crippen LogP contribution < -0.4 is 5.73 Å². The van der Waals surface area contributed by atoms with Crippen LogP contribution in [0.3, 0.4) is 0 Å². The van der Waals surface area contributed by atoms with E-state index in [0.717, 1.165) is 6.42 Å². The van der Waals surface area contributed by atoms with Gasteiger partial charge in [-0.15, -0.1) is 0 Å². The molecule has 2 rings (SSSR count). The molecule has 15 heavy (non-hydrogen) atoms. The third kappa shape index (κ3) is 1.64. The van der Waals surface area contributed by atoms with E-state index in [2.05, 4.69) is 44.5 Å². The second-order valence-electron chi connectivity index (χ2n) is 5.92. The Labute approximate surface area is 96.7 Å². The fourth-order valence-corrected chi connectivity index (χ4v) is 3.80. The zero-order valence-corrected chi connectivity index (χ0v) is 10.9. The van der Waals surface area contributed by atoms with Crippen LogP contribution in [0, 0.1) is 16.7 Å². The highest BCUT2D eigenvalue weighted by Gasteiger charge is 2.66. The van der Waals surface area contributed by atoms with Crippen LogP contribution in [0.15, 0.2) is 16.8 Å². The zero-order valence-electron chi connectivity index (χ0n) is 10.1. The highest BCUT2D eigenvalue weighted by atomic mass is 32.1. The Hall–Kier alpha value is -0.340. The lowest BCUT2D eigenvalue weighted by molar-refractivity contribution is 0.457. The van der Waals surface area contributed by atoms with Crippen LogP contribution >= 0.6 is 11.3 Å². The molecule has 1 atom stereocenters. The lowest BCUT2D eigenvalue weighted by atomic mass is 9.99. The van der Waals surface area contributed by atoms with E-state index in [1.54, 1.807) is 11.3 Å². The van der Waals surface area contributed by atoms with E-state index in [1.165, 1.54) is 5.56 Å². The van der Waals surface area contributed by atoms with Crippen LogP contribution in [0.2, 0.25) is 0 Å². The van der Waals surface area contributed by atoms with Gasteiger partial charge in [0.2, 0.25) is 0 Å². The molecule has 1 fully saturated rings. The monoisotopic (exact) mass is 223 g/mol. The third-order valence-electron chi connectivity index (χ3n) is 4.61. The number of rotatable bonds is 3. The van der Waals surface area contributed by atoms with E-state index in [0.29, 0.717) is 22.8 Å². The second-order valence-corrected chi connectivity index (χ2v) is 6.70. The summed E-state index contributed by atoms with van der Waals surface area (Å²) in [6.45, 7) is 9.35. The molecule has 1 aliphatic carbocycles. The first-order valence-electron chi connectivity index (χ1n) is 5.64. The summed E-state index contributed by atoms with van der Waals surface area (Å²) in [6.07, 6.45) is 1.03. The Kier molecular flexibility index (Phi) is 2.47.